The van der Waals surface area contributed by atoms with E-state index in [2.05, 4.69) is 147 Å². The molecule has 0 amide bonds. The fourth-order valence-corrected chi connectivity index (χ4v) is 10.7. The molecule has 14 rings (SSSR count). The van der Waals surface area contributed by atoms with Crippen molar-refractivity contribution in [3.63, 3.8) is 0 Å². The summed E-state index contributed by atoms with van der Waals surface area (Å²) in [5.41, 5.74) is 12.1. The summed E-state index contributed by atoms with van der Waals surface area (Å²) in [5, 5.41) is 6.77. The van der Waals surface area contributed by atoms with Crippen molar-refractivity contribution >= 4 is 65.4 Å². The molecule has 0 fully saturated rings. The van der Waals surface area contributed by atoms with Crippen LogP contribution in [0.1, 0.15) is 0 Å². The van der Waals surface area contributed by atoms with Gasteiger partial charge in [-0.05, 0) is 78.4 Å². The van der Waals surface area contributed by atoms with Gasteiger partial charge >= 0.3 is 0 Å². The van der Waals surface area contributed by atoms with E-state index >= 15 is 4.39 Å². The number of para-hydroxylation sites is 4. The molecule has 0 aliphatic carbocycles. The monoisotopic (exact) mass is 916 g/mol. The van der Waals surface area contributed by atoms with E-state index in [1.807, 2.05) is 78.9 Å². The number of aromatic nitrogens is 6. The Kier molecular flexibility index (Phi) is 9.16. The standard InChI is InChI=1S/C63H38F2N6/c64-42-28-31-45(53(65)36-42)41-27-34-58(52(35-41)63-67-61(39-15-3-1-4-16-39)66-62(68-63)40-17-5-2-6-18-40)71-59-37-43(69-54-23-11-7-19-46(54)47-20-8-12-24-55(47)69)29-32-50(59)51-33-30-44(38-60(51)71)70-56-25-13-9-21-48(56)49-22-10-14-26-57(49)70/h1-38H. The second-order valence-electron chi connectivity index (χ2n) is 17.9. The molecule has 0 spiro atoms. The van der Waals surface area contributed by atoms with E-state index in [1.165, 1.54) is 33.7 Å². The molecule has 8 heteroatoms. The van der Waals surface area contributed by atoms with Gasteiger partial charge < -0.3 is 13.7 Å². The van der Waals surface area contributed by atoms with Crippen LogP contribution in [0.2, 0.25) is 0 Å². The molecule has 4 heterocycles. The average molecular weight is 917 g/mol. The maximum Gasteiger partial charge on any atom is 0.166 e. The van der Waals surface area contributed by atoms with Gasteiger partial charge in [-0.25, -0.2) is 23.7 Å². The molecule has 6 nitrogen and oxygen atoms in total. The van der Waals surface area contributed by atoms with Crippen LogP contribution in [0.4, 0.5) is 8.78 Å². The van der Waals surface area contributed by atoms with Crippen LogP contribution >= 0.6 is 0 Å². The quantitative estimate of drug-likeness (QED) is 0.160. The molecule has 4 aromatic heterocycles. The molecule has 0 bridgehead atoms. The molecule has 0 saturated heterocycles. The summed E-state index contributed by atoms with van der Waals surface area (Å²) in [4.78, 5) is 15.6. The first-order chi connectivity index (χ1) is 35.0. The third kappa shape index (κ3) is 6.49. The van der Waals surface area contributed by atoms with Crippen molar-refractivity contribution in [2.24, 2.45) is 0 Å². The number of halogens is 2. The smallest absolute Gasteiger partial charge is 0.166 e. The highest BCUT2D eigenvalue weighted by Gasteiger charge is 2.24. The lowest BCUT2D eigenvalue weighted by atomic mass is 10.00. The molecular formula is C63H38F2N6. The van der Waals surface area contributed by atoms with E-state index in [1.54, 1.807) is 0 Å². The summed E-state index contributed by atoms with van der Waals surface area (Å²) in [6, 6.07) is 76.8. The third-order valence-electron chi connectivity index (χ3n) is 13.8. The molecule has 14 aromatic rings. The fourth-order valence-electron chi connectivity index (χ4n) is 10.7. The zero-order valence-corrected chi connectivity index (χ0v) is 37.9. The van der Waals surface area contributed by atoms with Gasteiger partial charge in [0.05, 0.1) is 38.8 Å². The highest BCUT2D eigenvalue weighted by Crippen LogP contribution is 2.42. The second-order valence-corrected chi connectivity index (χ2v) is 17.9. The Balaban J connectivity index is 1.11. The van der Waals surface area contributed by atoms with E-state index < -0.39 is 11.6 Å². The minimum atomic E-state index is -0.669. The zero-order chi connectivity index (χ0) is 47.2. The molecule has 0 atom stereocenters. The summed E-state index contributed by atoms with van der Waals surface area (Å²) in [6.45, 7) is 0. The Bertz CT molecular complexity index is 4100. The minimum absolute atomic E-state index is 0.254. The molecule has 10 aromatic carbocycles. The summed E-state index contributed by atoms with van der Waals surface area (Å²) in [6.07, 6.45) is 0. The minimum Gasteiger partial charge on any atom is -0.309 e. The van der Waals surface area contributed by atoms with Crippen LogP contribution in [0.15, 0.2) is 231 Å². The maximum atomic E-state index is 15.9. The first kappa shape index (κ1) is 40.5. The number of hydrogen-bond acceptors (Lipinski definition) is 3. The summed E-state index contributed by atoms with van der Waals surface area (Å²) in [7, 11) is 0. The Hall–Kier alpha value is -9.53. The molecule has 71 heavy (non-hydrogen) atoms. The van der Waals surface area contributed by atoms with Crippen LogP contribution in [0.25, 0.3) is 128 Å². The van der Waals surface area contributed by atoms with Gasteiger partial charge in [0.15, 0.2) is 17.5 Å². The van der Waals surface area contributed by atoms with Gasteiger partial charge in [-0.3, -0.25) is 0 Å². The van der Waals surface area contributed by atoms with Gasteiger partial charge in [0.2, 0.25) is 0 Å². The van der Waals surface area contributed by atoms with Crippen LogP contribution < -0.4 is 0 Å². The topological polar surface area (TPSA) is 53.5 Å². The molecule has 0 radical (unpaired) electrons. The van der Waals surface area contributed by atoms with Gasteiger partial charge in [0.25, 0.3) is 0 Å². The lowest BCUT2D eigenvalue weighted by Gasteiger charge is -2.17. The van der Waals surface area contributed by atoms with E-state index in [0.29, 0.717) is 28.6 Å². The Labute approximate surface area is 405 Å². The van der Waals surface area contributed by atoms with Gasteiger partial charge in [0.1, 0.15) is 11.6 Å². The zero-order valence-electron chi connectivity index (χ0n) is 37.9. The van der Waals surface area contributed by atoms with E-state index in [-0.39, 0.29) is 5.56 Å². The van der Waals surface area contributed by atoms with Crippen molar-refractivity contribution in [2.45, 2.75) is 0 Å². The number of fused-ring (bicyclic) bond motifs is 9. The maximum absolute atomic E-state index is 15.9. The SMILES string of the molecule is Fc1ccc(-c2ccc(-n3c4cc(-n5c6ccccc6c6ccccc65)ccc4c4ccc(-n5c6ccccc6c6ccccc65)cc43)c(-c3nc(-c4ccccc4)nc(-c4ccccc4)n3)c2)c(F)c1. The lowest BCUT2D eigenvalue weighted by Crippen LogP contribution is -2.05. The Morgan fingerprint density at radius 3 is 1.17 bits per heavy atom. The summed E-state index contributed by atoms with van der Waals surface area (Å²) >= 11 is 0. The molecule has 0 unspecified atom stereocenters. The number of rotatable bonds is 7. The fraction of sp³-hybridized carbons (Fsp3) is 0. The van der Waals surface area contributed by atoms with Crippen LogP contribution in [-0.2, 0) is 0 Å². The van der Waals surface area contributed by atoms with Gasteiger partial charge in [-0.2, -0.15) is 0 Å². The first-order valence-corrected chi connectivity index (χ1v) is 23.6. The Morgan fingerprint density at radius 1 is 0.282 bits per heavy atom. The number of nitrogens with zero attached hydrogens (tertiary/aromatic N) is 6. The van der Waals surface area contributed by atoms with Crippen LogP contribution in [0, 0.1) is 11.6 Å². The van der Waals surface area contributed by atoms with Crippen molar-refractivity contribution in [3.8, 4) is 62.4 Å². The average Bonchev–Trinajstić information content (AvgIpc) is 4.06. The van der Waals surface area contributed by atoms with E-state index in [4.69, 9.17) is 15.0 Å². The van der Waals surface area contributed by atoms with Crippen LogP contribution in [0.5, 0.6) is 0 Å². The van der Waals surface area contributed by atoms with Crippen molar-refractivity contribution in [2.75, 3.05) is 0 Å². The van der Waals surface area contributed by atoms with Crippen molar-refractivity contribution < 1.29 is 8.78 Å². The highest BCUT2D eigenvalue weighted by molar-refractivity contribution is 6.14. The highest BCUT2D eigenvalue weighted by atomic mass is 19.1. The van der Waals surface area contributed by atoms with Gasteiger partial charge in [-0.15, -0.1) is 0 Å². The second kappa shape index (κ2) is 16.0. The van der Waals surface area contributed by atoms with E-state index in [9.17, 15) is 4.39 Å². The predicted octanol–water partition coefficient (Wildman–Crippen LogP) is 16.1. The number of benzene rings is 10. The predicted molar refractivity (Wildman–Crippen MR) is 285 cm³/mol. The number of hydrogen-bond donors (Lipinski definition) is 0. The normalized spacial score (nSPS) is 11.8. The van der Waals surface area contributed by atoms with Crippen LogP contribution in [-0.4, -0.2) is 28.7 Å². The lowest BCUT2D eigenvalue weighted by molar-refractivity contribution is 0.585. The largest absolute Gasteiger partial charge is 0.309 e. The molecule has 0 aliphatic heterocycles. The van der Waals surface area contributed by atoms with Crippen molar-refractivity contribution in [3.05, 3.63) is 242 Å². The third-order valence-corrected chi connectivity index (χ3v) is 13.8. The van der Waals surface area contributed by atoms with Crippen molar-refractivity contribution in [1.82, 2.24) is 28.7 Å². The summed E-state index contributed by atoms with van der Waals surface area (Å²) < 4.78 is 37.4. The molecule has 334 valence electrons. The summed E-state index contributed by atoms with van der Waals surface area (Å²) in [5.74, 6) is 0.0533. The van der Waals surface area contributed by atoms with Gasteiger partial charge in [0, 0.05) is 72.0 Å². The van der Waals surface area contributed by atoms with Gasteiger partial charge in [-0.1, -0.05) is 152 Å². The molecule has 0 N–H and O–H groups in total. The molecule has 0 aliphatic rings. The van der Waals surface area contributed by atoms with Crippen molar-refractivity contribution in [1.29, 1.82) is 0 Å². The van der Waals surface area contributed by atoms with E-state index in [0.717, 1.165) is 78.1 Å². The first-order valence-electron chi connectivity index (χ1n) is 23.6. The molecular weight excluding hydrogens is 879 g/mol. The molecule has 0 saturated carbocycles. The van der Waals surface area contributed by atoms with Crippen LogP contribution in [0.3, 0.4) is 0 Å². The Morgan fingerprint density at radius 2 is 0.704 bits per heavy atom.